The Morgan fingerprint density at radius 2 is 1.93 bits per heavy atom. The Labute approximate surface area is 174 Å². The van der Waals surface area contributed by atoms with E-state index in [1.165, 1.54) is 32.6 Å². The molecule has 9 heteroatoms. The van der Waals surface area contributed by atoms with Crippen LogP contribution in [0.2, 0.25) is 0 Å². The summed E-state index contributed by atoms with van der Waals surface area (Å²) in [5.41, 5.74) is 1.93. The van der Waals surface area contributed by atoms with Crippen LogP contribution in [0.1, 0.15) is 16.1 Å². The first-order valence-electron chi connectivity index (χ1n) is 9.16. The minimum absolute atomic E-state index is 0.0478. The van der Waals surface area contributed by atoms with Gasteiger partial charge < -0.3 is 18.8 Å². The Kier molecular flexibility index (Phi) is 5.13. The van der Waals surface area contributed by atoms with E-state index in [9.17, 15) is 13.2 Å². The number of nitrogens with zero attached hydrogens (tertiary/aromatic N) is 1. The van der Waals surface area contributed by atoms with Crippen LogP contribution in [0, 0.1) is 0 Å². The molecule has 0 saturated heterocycles. The summed E-state index contributed by atoms with van der Waals surface area (Å²) in [6, 6.07) is 12.9. The fourth-order valence-corrected chi connectivity index (χ4v) is 4.63. The van der Waals surface area contributed by atoms with Gasteiger partial charge >= 0.3 is 0 Å². The van der Waals surface area contributed by atoms with Crippen molar-refractivity contribution < 1.29 is 27.1 Å². The maximum absolute atomic E-state index is 13.0. The molecule has 1 N–H and O–H groups in total. The largest absolute Gasteiger partial charge is 0.497 e. The van der Waals surface area contributed by atoms with Crippen LogP contribution in [0.25, 0.3) is 0 Å². The van der Waals surface area contributed by atoms with E-state index in [4.69, 9.17) is 13.9 Å². The Balaban J connectivity index is 1.65. The fraction of sp³-hybridized carbons (Fsp3) is 0.190. The maximum Gasteiger partial charge on any atom is 0.293 e. The molecule has 8 nitrogen and oxygen atoms in total. The molecule has 0 atom stereocenters. The molecule has 1 aliphatic heterocycles. The van der Waals surface area contributed by atoms with Crippen LogP contribution in [0.3, 0.4) is 0 Å². The summed E-state index contributed by atoms with van der Waals surface area (Å²) in [4.78, 5) is 14.2. The van der Waals surface area contributed by atoms with Gasteiger partial charge in [0.1, 0.15) is 16.4 Å². The van der Waals surface area contributed by atoms with Crippen LogP contribution in [0.4, 0.5) is 11.4 Å². The quantitative estimate of drug-likeness (QED) is 0.647. The van der Waals surface area contributed by atoms with E-state index in [1.54, 1.807) is 35.2 Å². The van der Waals surface area contributed by atoms with E-state index in [2.05, 4.69) is 4.72 Å². The summed E-state index contributed by atoms with van der Waals surface area (Å²) in [5, 5.41) is 0. The Hall–Kier alpha value is -3.46. The van der Waals surface area contributed by atoms with Crippen molar-refractivity contribution >= 4 is 27.3 Å². The Morgan fingerprint density at radius 3 is 2.63 bits per heavy atom. The van der Waals surface area contributed by atoms with Gasteiger partial charge in [0.05, 0.1) is 26.2 Å². The topological polar surface area (TPSA) is 98.1 Å². The second-order valence-electron chi connectivity index (χ2n) is 6.65. The van der Waals surface area contributed by atoms with Crippen molar-refractivity contribution in [1.82, 2.24) is 0 Å². The van der Waals surface area contributed by atoms with Crippen LogP contribution < -0.4 is 19.1 Å². The number of anilines is 2. The molecule has 2 aromatic carbocycles. The molecule has 30 heavy (non-hydrogen) atoms. The number of carbonyl (C=O) groups is 1. The lowest BCUT2D eigenvalue weighted by Gasteiger charge is -2.17. The normalized spacial score (nSPS) is 13.1. The third-order valence-corrected chi connectivity index (χ3v) is 6.27. The highest BCUT2D eigenvalue weighted by molar-refractivity contribution is 7.92. The second-order valence-corrected chi connectivity index (χ2v) is 8.30. The monoisotopic (exact) mass is 428 g/mol. The van der Waals surface area contributed by atoms with Crippen molar-refractivity contribution in [3.63, 3.8) is 0 Å². The van der Waals surface area contributed by atoms with Crippen LogP contribution in [0.15, 0.2) is 64.1 Å². The summed E-state index contributed by atoms with van der Waals surface area (Å²) in [5.74, 6) is 0.544. The lowest BCUT2D eigenvalue weighted by Crippen LogP contribution is -2.28. The molecule has 0 unspecified atom stereocenters. The number of benzene rings is 2. The minimum atomic E-state index is -3.96. The SMILES string of the molecule is COc1ccc(OC)c(S(=O)(=O)Nc2ccc3c(c2)N(C(=O)c2ccco2)CC3)c1. The van der Waals surface area contributed by atoms with Crippen molar-refractivity contribution in [2.75, 3.05) is 30.4 Å². The summed E-state index contributed by atoms with van der Waals surface area (Å²) in [6.45, 7) is 0.495. The lowest BCUT2D eigenvalue weighted by atomic mass is 10.1. The summed E-state index contributed by atoms with van der Waals surface area (Å²) < 4.78 is 44.1. The molecule has 4 rings (SSSR count). The third-order valence-electron chi connectivity index (χ3n) is 4.87. The standard InChI is InChI=1S/C21H20N2O6S/c1-27-16-7-8-18(28-2)20(13-16)30(25,26)22-15-6-5-14-9-10-23(17(14)12-15)21(24)19-4-3-11-29-19/h3-8,11-13,22H,9-10H2,1-2H3. The molecule has 1 aliphatic rings. The van der Waals surface area contributed by atoms with Crippen LogP contribution >= 0.6 is 0 Å². The van der Waals surface area contributed by atoms with Gasteiger partial charge in [0.25, 0.3) is 15.9 Å². The highest BCUT2D eigenvalue weighted by Gasteiger charge is 2.28. The molecule has 156 valence electrons. The van der Waals surface area contributed by atoms with Crippen molar-refractivity contribution in [2.45, 2.75) is 11.3 Å². The average molecular weight is 428 g/mol. The van der Waals surface area contributed by atoms with Crippen LogP contribution in [-0.2, 0) is 16.4 Å². The number of hydrogen-bond acceptors (Lipinski definition) is 6. The molecule has 3 aromatic rings. The molecule has 1 aromatic heterocycles. The highest BCUT2D eigenvalue weighted by atomic mass is 32.2. The summed E-state index contributed by atoms with van der Waals surface area (Å²) in [7, 11) is -1.11. The molecule has 0 fully saturated rings. The number of amides is 1. The fourth-order valence-electron chi connectivity index (χ4n) is 3.39. The van der Waals surface area contributed by atoms with Crippen molar-refractivity contribution in [3.05, 3.63) is 66.1 Å². The van der Waals surface area contributed by atoms with Gasteiger partial charge in [0.15, 0.2) is 5.76 Å². The smallest absolute Gasteiger partial charge is 0.293 e. The van der Waals surface area contributed by atoms with Gasteiger partial charge in [-0.25, -0.2) is 8.42 Å². The number of methoxy groups -OCH3 is 2. The van der Waals surface area contributed by atoms with Gasteiger partial charge in [-0.3, -0.25) is 9.52 Å². The second kappa shape index (κ2) is 7.75. The number of carbonyl (C=O) groups excluding carboxylic acids is 1. The van der Waals surface area contributed by atoms with E-state index >= 15 is 0 Å². The van der Waals surface area contributed by atoms with Crippen molar-refractivity contribution in [2.24, 2.45) is 0 Å². The molecule has 0 saturated carbocycles. The molecular weight excluding hydrogens is 408 g/mol. The average Bonchev–Trinajstić information content (AvgIpc) is 3.42. The van der Waals surface area contributed by atoms with Gasteiger partial charge in [-0.2, -0.15) is 0 Å². The number of nitrogens with one attached hydrogen (secondary N) is 1. The molecule has 1 amide bonds. The minimum Gasteiger partial charge on any atom is -0.497 e. The van der Waals surface area contributed by atoms with E-state index in [0.29, 0.717) is 30.1 Å². The number of rotatable bonds is 6. The van der Waals surface area contributed by atoms with Crippen molar-refractivity contribution in [1.29, 1.82) is 0 Å². The van der Waals surface area contributed by atoms with E-state index in [1.807, 2.05) is 6.07 Å². The Morgan fingerprint density at radius 1 is 1.10 bits per heavy atom. The number of ether oxygens (including phenoxy) is 2. The third kappa shape index (κ3) is 3.59. The number of hydrogen-bond donors (Lipinski definition) is 1. The molecule has 0 radical (unpaired) electrons. The van der Waals surface area contributed by atoms with Gasteiger partial charge in [0, 0.05) is 18.3 Å². The molecule has 0 spiro atoms. The van der Waals surface area contributed by atoms with Crippen molar-refractivity contribution in [3.8, 4) is 11.5 Å². The lowest BCUT2D eigenvalue weighted by molar-refractivity contribution is 0.0963. The molecule has 0 bridgehead atoms. The molecule has 0 aliphatic carbocycles. The Bertz CT molecular complexity index is 1190. The summed E-state index contributed by atoms with van der Waals surface area (Å²) in [6.07, 6.45) is 2.12. The summed E-state index contributed by atoms with van der Waals surface area (Å²) >= 11 is 0. The molecule has 2 heterocycles. The van der Waals surface area contributed by atoms with E-state index in [-0.39, 0.29) is 22.3 Å². The van der Waals surface area contributed by atoms with Gasteiger partial charge in [-0.05, 0) is 48.4 Å². The number of furan rings is 1. The first-order chi connectivity index (χ1) is 14.4. The molecular formula is C21H20N2O6S. The van der Waals surface area contributed by atoms with E-state index in [0.717, 1.165) is 5.56 Å². The zero-order valence-electron chi connectivity index (χ0n) is 16.4. The number of sulfonamides is 1. The van der Waals surface area contributed by atoms with Crippen LogP contribution in [-0.4, -0.2) is 35.1 Å². The number of fused-ring (bicyclic) bond motifs is 1. The zero-order chi connectivity index (χ0) is 21.3. The first kappa shape index (κ1) is 19.8. The predicted octanol–water partition coefficient (Wildman–Crippen LogP) is 3.30. The zero-order valence-corrected chi connectivity index (χ0v) is 17.2. The maximum atomic E-state index is 13.0. The highest BCUT2D eigenvalue weighted by Crippen LogP contribution is 2.34. The van der Waals surface area contributed by atoms with Gasteiger partial charge in [-0.1, -0.05) is 6.07 Å². The predicted molar refractivity (Wildman–Crippen MR) is 111 cm³/mol. The van der Waals surface area contributed by atoms with Crippen LogP contribution in [0.5, 0.6) is 11.5 Å². The first-order valence-corrected chi connectivity index (χ1v) is 10.6. The van der Waals surface area contributed by atoms with E-state index < -0.39 is 10.0 Å². The van der Waals surface area contributed by atoms with Gasteiger partial charge in [-0.15, -0.1) is 0 Å². The van der Waals surface area contributed by atoms with Gasteiger partial charge in [0.2, 0.25) is 0 Å².